The highest BCUT2D eigenvalue weighted by atomic mass is 32.2. The average Bonchev–Trinajstić information content (AvgIpc) is 3.45. The number of hydrogen-bond donors (Lipinski definition) is 0. The Bertz CT molecular complexity index is 1280. The molecular weight excluding hydrogens is 424 g/mol. The Morgan fingerprint density at radius 1 is 1.16 bits per heavy atom. The Balaban J connectivity index is 1.56. The number of fused-ring (bicyclic) bond motifs is 1. The summed E-state index contributed by atoms with van der Waals surface area (Å²) in [6, 6.07) is 10.8. The first-order valence-corrected chi connectivity index (χ1v) is 12.4. The van der Waals surface area contributed by atoms with Crippen molar-refractivity contribution in [2.75, 3.05) is 45.2 Å². The maximum atomic E-state index is 13.7. The first kappa shape index (κ1) is 21.2. The summed E-state index contributed by atoms with van der Waals surface area (Å²) in [6.45, 7) is 3.41. The lowest BCUT2D eigenvalue weighted by Crippen LogP contribution is -2.23. The fourth-order valence-electron chi connectivity index (χ4n) is 4.59. The van der Waals surface area contributed by atoms with Gasteiger partial charge in [-0.1, -0.05) is 12.1 Å². The van der Waals surface area contributed by atoms with Gasteiger partial charge >= 0.3 is 0 Å². The highest BCUT2D eigenvalue weighted by molar-refractivity contribution is 7.90. The summed E-state index contributed by atoms with van der Waals surface area (Å²) in [4.78, 5) is 9.24. The van der Waals surface area contributed by atoms with Crippen molar-refractivity contribution in [2.45, 2.75) is 23.8 Å². The largest absolute Gasteiger partial charge is 0.380 e. The molecule has 3 aromatic rings. The molecule has 5 rings (SSSR count). The monoisotopic (exact) mass is 452 g/mol. The highest BCUT2D eigenvalue weighted by Gasteiger charge is 2.26. The highest BCUT2D eigenvalue weighted by Crippen LogP contribution is 2.33. The van der Waals surface area contributed by atoms with E-state index in [1.807, 2.05) is 18.2 Å². The summed E-state index contributed by atoms with van der Waals surface area (Å²) >= 11 is 0. The summed E-state index contributed by atoms with van der Waals surface area (Å²) in [5.74, 6) is 0. The van der Waals surface area contributed by atoms with Gasteiger partial charge in [0.1, 0.15) is 0 Å². The zero-order valence-corrected chi connectivity index (χ0v) is 19.3. The molecule has 1 fully saturated rings. The van der Waals surface area contributed by atoms with Crippen molar-refractivity contribution in [3.05, 3.63) is 60.4 Å². The van der Waals surface area contributed by atoms with Gasteiger partial charge < -0.3 is 14.5 Å². The van der Waals surface area contributed by atoms with Gasteiger partial charge in [-0.15, -0.1) is 0 Å². The molecule has 0 aliphatic carbocycles. The van der Waals surface area contributed by atoms with E-state index in [0.29, 0.717) is 5.52 Å². The molecule has 1 atom stereocenters. The lowest BCUT2D eigenvalue weighted by Gasteiger charge is -2.21. The predicted molar refractivity (Wildman–Crippen MR) is 126 cm³/mol. The predicted octanol–water partition coefficient (Wildman–Crippen LogP) is 3.22. The first-order valence-electron chi connectivity index (χ1n) is 10.9. The Morgan fingerprint density at radius 2 is 2.03 bits per heavy atom. The third kappa shape index (κ3) is 3.72. The molecule has 168 valence electrons. The van der Waals surface area contributed by atoms with Crippen LogP contribution in [0.25, 0.3) is 16.6 Å². The van der Waals surface area contributed by atoms with Gasteiger partial charge in [-0.2, -0.15) is 0 Å². The zero-order chi connectivity index (χ0) is 22.3. The van der Waals surface area contributed by atoms with E-state index in [4.69, 9.17) is 4.74 Å². The SMILES string of the molecule is CO[C@H]1CCN(c2cccc(S(=O)(=O)n3cc(C4=CCN(C)CC4)c4ncccc43)c2)C1. The van der Waals surface area contributed by atoms with Crippen molar-refractivity contribution in [3.8, 4) is 0 Å². The van der Waals surface area contributed by atoms with Crippen LogP contribution >= 0.6 is 0 Å². The second kappa shape index (κ2) is 8.35. The molecule has 2 aromatic heterocycles. The molecule has 0 radical (unpaired) electrons. The fraction of sp³-hybridized carbons (Fsp3) is 0.375. The Morgan fingerprint density at radius 3 is 2.78 bits per heavy atom. The number of likely N-dealkylation sites (N-methyl/N-ethyl adjacent to an activating group) is 1. The number of rotatable bonds is 5. The van der Waals surface area contributed by atoms with Gasteiger partial charge in [0.05, 0.1) is 22.0 Å². The second-order valence-electron chi connectivity index (χ2n) is 8.55. The van der Waals surface area contributed by atoms with Crippen LogP contribution in [0.4, 0.5) is 5.69 Å². The number of ether oxygens (including phenoxy) is 1. The smallest absolute Gasteiger partial charge is 0.268 e. The molecule has 1 saturated heterocycles. The molecule has 0 saturated carbocycles. The van der Waals surface area contributed by atoms with Crippen LogP contribution in [0.15, 0.2) is 59.8 Å². The van der Waals surface area contributed by atoms with Crippen LogP contribution in [0.3, 0.4) is 0 Å². The second-order valence-corrected chi connectivity index (χ2v) is 10.4. The molecular formula is C24H28N4O3S. The minimum Gasteiger partial charge on any atom is -0.380 e. The van der Waals surface area contributed by atoms with Gasteiger partial charge in [-0.3, -0.25) is 4.98 Å². The molecule has 4 heterocycles. The van der Waals surface area contributed by atoms with Crippen LogP contribution < -0.4 is 4.90 Å². The Labute approximate surface area is 189 Å². The summed E-state index contributed by atoms with van der Waals surface area (Å²) in [7, 11) is 0.0204. The maximum Gasteiger partial charge on any atom is 0.268 e. The average molecular weight is 453 g/mol. The standard InChI is InChI=1S/C24H28N4O3S/c1-26-12-8-18(9-13-26)22-17-28(23-7-4-11-25-24(22)23)32(29,30)21-6-3-5-19(15-21)27-14-10-20(16-27)31-2/h3-8,11,15,17,20H,9-10,12-14,16H2,1-2H3/t20-/m0/s1. The number of anilines is 1. The van der Waals surface area contributed by atoms with Gasteiger partial charge in [0.25, 0.3) is 10.0 Å². The minimum absolute atomic E-state index is 0.181. The Hall–Kier alpha value is -2.68. The van der Waals surface area contributed by atoms with Crippen molar-refractivity contribution in [3.63, 3.8) is 0 Å². The normalized spacial score (nSPS) is 20.1. The first-order chi connectivity index (χ1) is 15.5. The van der Waals surface area contributed by atoms with E-state index < -0.39 is 10.0 Å². The van der Waals surface area contributed by atoms with Gasteiger partial charge in [-0.05, 0) is 55.8 Å². The van der Waals surface area contributed by atoms with Crippen molar-refractivity contribution < 1.29 is 13.2 Å². The van der Waals surface area contributed by atoms with E-state index in [0.717, 1.165) is 61.4 Å². The minimum atomic E-state index is -3.78. The number of pyridine rings is 1. The summed E-state index contributed by atoms with van der Waals surface area (Å²) in [5.41, 5.74) is 4.28. The van der Waals surface area contributed by atoms with Crippen molar-refractivity contribution in [2.24, 2.45) is 0 Å². The topological polar surface area (TPSA) is 67.7 Å². The summed E-state index contributed by atoms with van der Waals surface area (Å²) < 4.78 is 34.4. The molecule has 0 N–H and O–H groups in total. The quantitative estimate of drug-likeness (QED) is 0.592. The van der Waals surface area contributed by atoms with E-state index in [-0.39, 0.29) is 11.0 Å². The van der Waals surface area contributed by atoms with E-state index in [9.17, 15) is 8.42 Å². The summed E-state index contributed by atoms with van der Waals surface area (Å²) in [6.07, 6.45) is 7.63. The molecule has 0 amide bonds. The molecule has 7 nitrogen and oxygen atoms in total. The number of aromatic nitrogens is 2. The molecule has 0 unspecified atom stereocenters. The molecule has 2 aliphatic rings. The van der Waals surface area contributed by atoms with Crippen molar-refractivity contribution >= 4 is 32.3 Å². The lowest BCUT2D eigenvalue weighted by molar-refractivity contribution is 0.121. The van der Waals surface area contributed by atoms with E-state index in [1.165, 1.54) is 3.97 Å². The van der Waals surface area contributed by atoms with Gasteiger partial charge in [0, 0.05) is 56.9 Å². The van der Waals surface area contributed by atoms with Crippen LogP contribution in [0.1, 0.15) is 18.4 Å². The third-order valence-corrected chi connectivity index (χ3v) is 8.17. The molecule has 0 spiro atoms. The van der Waals surface area contributed by atoms with Gasteiger partial charge in [-0.25, -0.2) is 12.4 Å². The number of benzene rings is 1. The van der Waals surface area contributed by atoms with Crippen LogP contribution in [-0.2, 0) is 14.8 Å². The van der Waals surface area contributed by atoms with Crippen molar-refractivity contribution in [1.82, 2.24) is 13.9 Å². The molecule has 8 heteroatoms. The molecule has 0 bridgehead atoms. The van der Waals surface area contributed by atoms with E-state index in [2.05, 4.69) is 27.9 Å². The molecule has 1 aromatic carbocycles. The third-order valence-electron chi connectivity index (χ3n) is 6.50. The number of nitrogens with zero attached hydrogens (tertiary/aromatic N) is 4. The van der Waals surface area contributed by atoms with E-state index in [1.54, 1.807) is 37.7 Å². The fourth-order valence-corrected chi connectivity index (χ4v) is 5.99. The van der Waals surface area contributed by atoms with Gasteiger partial charge in [0.15, 0.2) is 0 Å². The summed E-state index contributed by atoms with van der Waals surface area (Å²) in [5, 5.41) is 0. The number of methoxy groups -OCH3 is 1. The van der Waals surface area contributed by atoms with E-state index >= 15 is 0 Å². The molecule has 32 heavy (non-hydrogen) atoms. The van der Waals surface area contributed by atoms with Crippen LogP contribution in [0.2, 0.25) is 0 Å². The van der Waals surface area contributed by atoms with Crippen LogP contribution in [0.5, 0.6) is 0 Å². The zero-order valence-electron chi connectivity index (χ0n) is 18.4. The maximum absolute atomic E-state index is 13.7. The van der Waals surface area contributed by atoms with Crippen molar-refractivity contribution in [1.29, 1.82) is 0 Å². The van der Waals surface area contributed by atoms with Crippen LogP contribution in [0, 0.1) is 0 Å². The molecule has 2 aliphatic heterocycles. The number of hydrogen-bond acceptors (Lipinski definition) is 6. The lowest BCUT2D eigenvalue weighted by atomic mass is 10.0. The Kier molecular flexibility index (Phi) is 5.53. The van der Waals surface area contributed by atoms with Gasteiger partial charge in [0.2, 0.25) is 0 Å². The van der Waals surface area contributed by atoms with Crippen LogP contribution in [-0.4, -0.2) is 68.7 Å².